The van der Waals surface area contributed by atoms with E-state index in [2.05, 4.69) is 196 Å². The van der Waals surface area contributed by atoms with Crippen LogP contribution in [0.2, 0.25) is 0 Å². The van der Waals surface area contributed by atoms with Gasteiger partial charge in [-0.25, -0.2) is 0 Å². The van der Waals surface area contributed by atoms with Crippen LogP contribution in [0.25, 0.3) is 98.4 Å². The molecule has 11 rings (SSSR count). The van der Waals surface area contributed by atoms with Crippen molar-refractivity contribution in [3.05, 3.63) is 193 Å². The Balaban J connectivity index is 0.967. The van der Waals surface area contributed by atoms with E-state index >= 15 is 0 Å². The van der Waals surface area contributed by atoms with Gasteiger partial charge in [-0.3, -0.25) is 0 Å². The van der Waals surface area contributed by atoms with Gasteiger partial charge in [0.2, 0.25) is 0 Å². The molecule has 0 bridgehead atoms. The number of fused-ring (bicyclic) bond motifs is 10. The SMILES string of the molecule is CC1(C)c2ccccc2-c2ccc(-c3ccc4ccc(-c5ccc6cc(-c7cc8c9ccccc9ccc8c8ccccc78)ccc6c5)cc4c3)cc21. The van der Waals surface area contributed by atoms with Crippen LogP contribution < -0.4 is 0 Å². The topological polar surface area (TPSA) is 0 Å². The molecule has 10 aromatic rings. The molecular formula is C53H36. The Hall–Kier alpha value is -6.50. The van der Waals surface area contributed by atoms with E-state index in [1.54, 1.807) is 0 Å². The molecule has 1 aliphatic carbocycles. The Labute approximate surface area is 309 Å². The smallest absolute Gasteiger partial charge is 0.0159 e. The van der Waals surface area contributed by atoms with Crippen LogP contribution in [-0.2, 0) is 5.41 Å². The Morgan fingerprint density at radius 2 is 0.774 bits per heavy atom. The third kappa shape index (κ3) is 4.62. The number of benzene rings is 10. The molecule has 0 atom stereocenters. The van der Waals surface area contributed by atoms with Crippen LogP contribution in [0.3, 0.4) is 0 Å². The van der Waals surface area contributed by atoms with Gasteiger partial charge in [0.25, 0.3) is 0 Å². The highest BCUT2D eigenvalue weighted by atomic mass is 14.4. The summed E-state index contributed by atoms with van der Waals surface area (Å²) in [4.78, 5) is 0. The van der Waals surface area contributed by atoms with Gasteiger partial charge in [-0.15, -0.1) is 0 Å². The lowest BCUT2D eigenvalue weighted by Gasteiger charge is -2.22. The lowest BCUT2D eigenvalue weighted by atomic mass is 9.81. The summed E-state index contributed by atoms with van der Waals surface area (Å²) in [5.41, 5.74) is 13.0. The standard InChI is InChI=1S/C53H36/c1-53(2)51-14-8-7-13-47(51)48-26-24-40(31-52(48)53)39-18-16-33-15-17-38(29-42(33)30-39)35-19-20-37-28-41(22-21-36(37)27-35)49-32-50-43-10-4-3-9-34(43)23-25-46(50)44-11-5-6-12-45(44)49/h3-32H,1-2H3. The van der Waals surface area contributed by atoms with Crippen LogP contribution >= 0.6 is 0 Å². The van der Waals surface area contributed by atoms with Gasteiger partial charge in [0, 0.05) is 5.41 Å². The second-order valence-electron chi connectivity index (χ2n) is 15.3. The maximum absolute atomic E-state index is 2.42. The van der Waals surface area contributed by atoms with Gasteiger partial charge in [-0.05, 0) is 146 Å². The zero-order chi connectivity index (χ0) is 35.3. The third-order valence-corrected chi connectivity index (χ3v) is 12.0. The molecule has 1 aliphatic rings. The molecule has 248 valence electrons. The van der Waals surface area contributed by atoms with E-state index in [0.29, 0.717) is 0 Å². The van der Waals surface area contributed by atoms with E-state index in [0.717, 1.165) is 0 Å². The molecule has 0 N–H and O–H groups in total. The van der Waals surface area contributed by atoms with Gasteiger partial charge >= 0.3 is 0 Å². The lowest BCUT2D eigenvalue weighted by molar-refractivity contribution is 0.660. The molecular weight excluding hydrogens is 637 g/mol. The average Bonchev–Trinajstić information content (AvgIpc) is 3.44. The first-order valence-corrected chi connectivity index (χ1v) is 18.7. The van der Waals surface area contributed by atoms with Gasteiger partial charge in [0.1, 0.15) is 0 Å². The fraction of sp³-hybridized carbons (Fsp3) is 0.0566. The molecule has 0 fully saturated rings. The molecule has 0 nitrogen and oxygen atoms in total. The summed E-state index contributed by atoms with van der Waals surface area (Å²) in [6.07, 6.45) is 0. The summed E-state index contributed by atoms with van der Waals surface area (Å²) in [5, 5.41) is 12.8. The van der Waals surface area contributed by atoms with Crippen LogP contribution in [0.1, 0.15) is 25.0 Å². The molecule has 0 heterocycles. The summed E-state index contributed by atoms with van der Waals surface area (Å²) in [7, 11) is 0. The van der Waals surface area contributed by atoms with E-state index in [1.807, 2.05) is 0 Å². The molecule has 0 heteroatoms. The van der Waals surface area contributed by atoms with Crippen molar-refractivity contribution < 1.29 is 0 Å². The Kier molecular flexibility index (Phi) is 6.40. The van der Waals surface area contributed by atoms with E-state index < -0.39 is 0 Å². The summed E-state index contributed by atoms with van der Waals surface area (Å²) in [5.74, 6) is 0. The van der Waals surface area contributed by atoms with Crippen molar-refractivity contribution in [1.29, 1.82) is 0 Å². The lowest BCUT2D eigenvalue weighted by Crippen LogP contribution is -2.14. The van der Waals surface area contributed by atoms with E-state index in [-0.39, 0.29) is 5.41 Å². The van der Waals surface area contributed by atoms with Crippen LogP contribution in [0.5, 0.6) is 0 Å². The van der Waals surface area contributed by atoms with Gasteiger partial charge in [0.05, 0.1) is 0 Å². The van der Waals surface area contributed by atoms with Crippen molar-refractivity contribution in [3.8, 4) is 44.5 Å². The summed E-state index contributed by atoms with van der Waals surface area (Å²) in [6.45, 7) is 4.71. The predicted molar refractivity (Wildman–Crippen MR) is 228 cm³/mol. The fourth-order valence-corrected chi connectivity index (χ4v) is 9.18. The molecule has 53 heavy (non-hydrogen) atoms. The highest BCUT2D eigenvalue weighted by Gasteiger charge is 2.35. The Bertz CT molecular complexity index is 3140. The monoisotopic (exact) mass is 672 g/mol. The van der Waals surface area contributed by atoms with Crippen LogP contribution in [0.4, 0.5) is 0 Å². The van der Waals surface area contributed by atoms with Gasteiger partial charge in [0.15, 0.2) is 0 Å². The normalized spacial score (nSPS) is 13.2. The van der Waals surface area contributed by atoms with Crippen molar-refractivity contribution >= 4 is 53.9 Å². The number of hydrogen-bond donors (Lipinski definition) is 0. The first-order chi connectivity index (χ1) is 26.0. The zero-order valence-electron chi connectivity index (χ0n) is 29.8. The molecule has 0 spiro atoms. The Morgan fingerprint density at radius 3 is 1.55 bits per heavy atom. The second kappa shape index (κ2) is 11.2. The molecule has 0 aliphatic heterocycles. The maximum atomic E-state index is 2.42. The summed E-state index contributed by atoms with van der Waals surface area (Å²) < 4.78 is 0. The fourth-order valence-electron chi connectivity index (χ4n) is 9.18. The average molecular weight is 673 g/mol. The zero-order valence-corrected chi connectivity index (χ0v) is 29.8. The van der Waals surface area contributed by atoms with Crippen molar-refractivity contribution in [2.75, 3.05) is 0 Å². The minimum Gasteiger partial charge on any atom is -0.0619 e. The molecule has 0 aromatic heterocycles. The molecule has 10 aromatic carbocycles. The van der Waals surface area contributed by atoms with Crippen molar-refractivity contribution in [3.63, 3.8) is 0 Å². The van der Waals surface area contributed by atoms with E-state index in [9.17, 15) is 0 Å². The van der Waals surface area contributed by atoms with Gasteiger partial charge < -0.3 is 0 Å². The van der Waals surface area contributed by atoms with E-state index in [1.165, 1.54) is 109 Å². The molecule has 0 amide bonds. The second-order valence-corrected chi connectivity index (χ2v) is 15.3. The van der Waals surface area contributed by atoms with Crippen molar-refractivity contribution in [1.82, 2.24) is 0 Å². The predicted octanol–water partition coefficient (Wildman–Crippen LogP) is 14.8. The maximum Gasteiger partial charge on any atom is 0.0159 e. The Morgan fingerprint density at radius 1 is 0.264 bits per heavy atom. The molecule has 0 saturated carbocycles. The highest BCUT2D eigenvalue weighted by molar-refractivity contribution is 6.21. The molecule has 0 saturated heterocycles. The van der Waals surface area contributed by atoms with Crippen LogP contribution in [0, 0.1) is 0 Å². The largest absolute Gasteiger partial charge is 0.0619 e. The molecule has 0 radical (unpaired) electrons. The number of rotatable bonds is 3. The van der Waals surface area contributed by atoms with Crippen LogP contribution in [0.15, 0.2) is 182 Å². The quantitative estimate of drug-likeness (QED) is 0.164. The first-order valence-electron chi connectivity index (χ1n) is 18.7. The highest BCUT2D eigenvalue weighted by Crippen LogP contribution is 2.49. The summed E-state index contributed by atoms with van der Waals surface area (Å²) in [6, 6.07) is 68.1. The minimum absolute atomic E-state index is 0.0129. The van der Waals surface area contributed by atoms with Crippen molar-refractivity contribution in [2.45, 2.75) is 19.3 Å². The van der Waals surface area contributed by atoms with Crippen molar-refractivity contribution in [2.24, 2.45) is 0 Å². The van der Waals surface area contributed by atoms with Gasteiger partial charge in [-0.1, -0.05) is 159 Å². The summed E-state index contributed by atoms with van der Waals surface area (Å²) >= 11 is 0. The van der Waals surface area contributed by atoms with E-state index in [4.69, 9.17) is 0 Å². The van der Waals surface area contributed by atoms with Gasteiger partial charge in [-0.2, -0.15) is 0 Å². The minimum atomic E-state index is -0.0129. The first kappa shape index (κ1) is 30.2. The third-order valence-electron chi connectivity index (χ3n) is 12.0. The molecule has 0 unspecified atom stereocenters. The number of hydrogen-bond acceptors (Lipinski definition) is 0. The van der Waals surface area contributed by atoms with Crippen LogP contribution in [-0.4, -0.2) is 0 Å².